The van der Waals surface area contributed by atoms with Crippen LogP contribution in [0.4, 0.5) is 16.2 Å². The average Bonchev–Trinajstić information content (AvgIpc) is 2.83. The zero-order valence-electron chi connectivity index (χ0n) is 14.9. The fourth-order valence-electron chi connectivity index (χ4n) is 4.14. The number of hydrogen-bond donors (Lipinski definition) is 1. The Kier molecular flexibility index (Phi) is 5.41. The Morgan fingerprint density at radius 1 is 1.07 bits per heavy atom. The molecule has 0 saturated carbocycles. The van der Waals surface area contributed by atoms with Crippen molar-refractivity contribution < 1.29 is 4.79 Å². The van der Waals surface area contributed by atoms with Crippen LogP contribution < -0.4 is 10.2 Å². The summed E-state index contributed by atoms with van der Waals surface area (Å²) in [5.41, 5.74) is 1.65. The minimum absolute atomic E-state index is 0.0550. The van der Waals surface area contributed by atoms with Crippen LogP contribution in [0.1, 0.15) is 19.3 Å². The molecule has 4 rings (SSSR count). The molecule has 2 saturated heterocycles. The summed E-state index contributed by atoms with van der Waals surface area (Å²) in [5.74, 6) is 0.625. The van der Waals surface area contributed by atoms with Crippen molar-refractivity contribution in [2.45, 2.75) is 25.3 Å². The van der Waals surface area contributed by atoms with Crippen molar-refractivity contribution in [2.24, 2.45) is 5.92 Å². The van der Waals surface area contributed by atoms with Gasteiger partial charge in [-0.1, -0.05) is 41.4 Å². The maximum absolute atomic E-state index is 12.8. The molecule has 0 spiro atoms. The molecule has 2 aromatic rings. The van der Waals surface area contributed by atoms with Crippen molar-refractivity contribution in [3.63, 3.8) is 0 Å². The van der Waals surface area contributed by atoms with E-state index in [1.807, 2.05) is 35.2 Å². The van der Waals surface area contributed by atoms with E-state index in [-0.39, 0.29) is 12.1 Å². The number of rotatable bonds is 2. The minimum atomic E-state index is -0.0550. The number of hydrogen-bond acceptors (Lipinski definition) is 3. The van der Waals surface area contributed by atoms with Gasteiger partial charge >= 0.3 is 6.03 Å². The first-order chi connectivity index (χ1) is 13.1. The van der Waals surface area contributed by atoms with Crippen LogP contribution in [0, 0.1) is 5.92 Å². The standard InChI is InChI=1S/C20H22Cl2N4O/c21-17-11-23-12-18(22)19(17)26-9-7-14-6-8-25(13-16(26)10-14)20(27)24-15-4-2-1-3-5-15/h1-5,11-12,14,16H,6-10,13H2,(H,24,27). The molecule has 1 aromatic heterocycles. The van der Waals surface area contributed by atoms with E-state index in [0.717, 1.165) is 43.7 Å². The first-order valence-corrected chi connectivity index (χ1v) is 10.0. The fraction of sp³-hybridized carbons (Fsp3) is 0.400. The lowest BCUT2D eigenvalue weighted by molar-refractivity contribution is 0.211. The minimum Gasteiger partial charge on any atom is -0.364 e. The lowest BCUT2D eigenvalue weighted by Gasteiger charge is -2.40. The van der Waals surface area contributed by atoms with Crippen molar-refractivity contribution in [3.05, 3.63) is 52.8 Å². The molecule has 2 aliphatic rings. The second-order valence-corrected chi connectivity index (χ2v) is 8.03. The summed E-state index contributed by atoms with van der Waals surface area (Å²) in [4.78, 5) is 21.1. The van der Waals surface area contributed by atoms with Crippen molar-refractivity contribution in [2.75, 3.05) is 29.9 Å². The Morgan fingerprint density at radius 3 is 2.52 bits per heavy atom. The average molecular weight is 405 g/mol. The summed E-state index contributed by atoms with van der Waals surface area (Å²) >= 11 is 12.8. The summed E-state index contributed by atoms with van der Waals surface area (Å²) < 4.78 is 0. The maximum atomic E-state index is 12.8. The number of carbonyl (C=O) groups excluding carboxylic acids is 1. The zero-order chi connectivity index (χ0) is 18.8. The number of anilines is 2. The lowest BCUT2D eigenvalue weighted by Crippen LogP contribution is -2.48. The SMILES string of the molecule is O=C(Nc1ccccc1)N1CCC2CCN(c3c(Cl)cncc3Cl)C(C2)C1. The van der Waals surface area contributed by atoms with Gasteiger partial charge in [0.2, 0.25) is 0 Å². The van der Waals surface area contributed by atoms with Gasteiger partial charge in [0.25, 0.3) is 0 Å². The molecule has 1 N–H and O–H groups in total. The van der Waals surface area contributed by atoms with E-state index in [2.05, 4.69) is 15.2 Å². The molecule has 2 fully saturated rings. The van der Waals surface area contributed by atoms with Gasteiger partial charge in [0.15, 0.2) is 0 Å². The van der Waals surface area contributed by atoms with Gasteiger partial charge in [-0.15, -0.1) is 0 Å². The predicted octanol–water partition coefficient (Wildman–Crippen LogP) is 4.91. The molecule has 2 atom stereocenters. The first-order valence-electron chi connectivity index (χ1n) is 9.28. The molecule has 0 radical (unpaired) electrons. The van der Waals surface area contributed by atoms with E-state index in [9.17, 15) is 4.79 Å². The number of carbonyl (C=O) groups is 1. The van der Waals surface area contributed by atoms with Crippen LogP contribution in [0.5, 0.6) is 0 Å². The van der Waals surface area contributed by atoms with Crippen molar-refractivity contribution in [1.82, 2.24) is 9.88 Å². The molecule has 7 heteroatoms. The number of nitrogens with one attached hydrogen (secondary N) is 1. The first kappa shape index (κ1) is 18.4. The number of benzene rings is 1. The fourth-order valence-corrected chi connectivity index (χ4v) is 4.72. The topological polar surface area (TPSA) is 48.5 Å². The highest BCUT2D eigenvalue weighted by Gasteiger charge is 2.35. The highest BCUT2D eigenvalue weighted by molar-refractivity contribution is 6.38. The number of para-hydroxylation sites is 1. The third kappa shape index (κ3) is 3.99. The Bertz CT molecular complexity index is 797. The summed E-state index contributed by atoms with van der Waals surface area (Å²) in [6.45, 7) is 2.32. The maximum Gasteiger partial charge on any atom is 0.321 e. The number of aromatic nitrogens is 1. The molecule has 2 bridgehead atoms. The molecule has 2 amide bonds. The van der Waals surface area contributed by atoms with Crippen LogP contribution in [0.25, 0.3) is 0 Å². The number of urea groups is 1. The molecule has 142 valence electrons. The third-order valence-corrected chi connectivity index (χ3v) is 6.04. The van der Waals surface area contributed by atoms with E-state index >= 15 is 0 Å². The number of likely N-dealkylation sites (tertiary alicyclic amines) is 1. The second kappa shape index (κ2) is 7.95. The Morgan fingerprint density at radius 2 is 1.78 bits per heavy atom. The second-order valence-electron chi connectivity index (χ2n) is 7.22. The molecule has 2 aliphatic heterocycles. The van der Waals surface area contributed by atoms with E-state index in [1.54, 1.807) is 12.4 Å². The highest BCUT2D eigenvalue weighted by atomic mass is 35.5. The molecule has 0 aliphatic carbocycles. The summed E-state index contributed by atoms with van der Waals surface area (Å²) in [6.07, 6.45) is 6.42. The van der Waals surface area contributed by atoms with Gasteiger partial charge in [0.05, 0.1) is 15.7 Å². The van der Waals surface area contributed by atoms with Crippen LogP contribution >= 0.6 is 23.2 Å². The molecule has 1 aromatic carbocycles. The molecular formula is C20H22Cl2N4O. The smallest absolute Gasteiger partial charge is 0.321 e. The molecule has 3 heterocycles. The van der Waals surface area contributed by atoms with Gasteiger partial charge in [-0.3, -0.25) is 4.98 Å². The van der Waals surface area contributed by atoms with Crippen LogP contribution in [0.2, 0.25) is 10.0 Å². The Balaban J connectivity index is 1.54. The number of amides is 2. The predicted molar refractivity (Wildman–Crippen MR) is 110 cm³/mol. The quantitative estimate of drug-likeness (QED) is 0.772. The molecular weight excluding hydrogens is 383 g/mol. The van der Waals surface area contributed by atoms with Crippen LogP contribution in [0.3, 0.4) is 0 Å². The van der Waals surface area contributed by atoms with Crippen LogP contribution in [0.15, 0.2) is 42.7 Å². The summed E-state index contributed by atoms with van der Waals surface area (Å²) in [7, 11) is 0. The Labute approximate surface area is 169 Å². The number of piperidine rings is 1. The zero-order valence-corrected chi connectivity index (χ0v) is 16.5. The number of nitrogens with zero attached hydrogens (tertiary/aromatic N) is 3. The summed E-state index contributed by atoms with van der Waals surface area (Å²) in [5, 5.41) is 4.12. The molecule has 5 nitrogen and oxygen atoms in total. The largest absolute Gasteiger partial charge is 0.364 e. The number of fused-ring (bicyclic) bond motifs is 2. The van der Waals surface area contributed by atoms with E-state index < -0.39 is 0 Å². The van der Waals surface area contributed by atoms with Gasteiger partial charge in [-0.25, -0.2) is 4.79 Å². The van der Waals surface area contributed by atoms with Gasteiger partial charge in [0, 0.05) is 43.8 Å². The van der Waals surface area contributed by atoms with Crippen molar-refractivity contribution in [3.8, 4) is 0 Å². The van der Waals surface area contributed by atoms with E-state index in [0.29, 0.717) is 22.5 Å². The normalized spacial score (nSPS) is 22.3. The van der Waals surface area contributed by atoms with Crippen molar-refractivity contribution >= 4 is 40.6 Å². The third-order valence-electron chi connectivity index (χ3n) is 5.49. The van der Waals surface area contributed by atoms with Crippen LogP contribution in [-0.4, -0.2) is 41.6 Å². The molecule has 27 heavy (non-hydrogen) atoms. The summed E-state index contributed by atoms with van der Waals surface area (Å²) in [6, 6.07) is 9.71. The van der Waals surface area contributed by atoms with Crippen LogP contribution in [-0.2, 0) is 0 Å². The van der Waals surface area contributed by atoms with Gasteiger partial charge in [-0.05, 0) is 37.3 Å². The van der Waals surface area contributed by atoms with Gasteiger partial charge < -0.3 is 15.1 Å². The van der Waals surface area contributed by atoms with E-state index in [4.69, 9.17) is 23.2 Å². The van der Waals surface area contributed by atoms with E-state index in [1.165, 1.54) is 0 Å². The highest BCUT2D eigenvalue weighted by Crippen LogP contribution is 2.39. The lowest BCUT2D eigenvalue weighted by atomic mass is 9.89. The number of halogens is 2. The Hall–Kier alpha value is -1.98. The van der Waals surface area contributed by atoms with Gasteiger partial charge in [-0.2, -0.15) is 0 Å². The van der Waals surface area contributed by atoms with Gasteiger partial charge in [0.1, 0.15) is 0 Å². The monoisotopic (exact) mass is 404 g/mol. The molecule has 2 unspecified atom stereocenters. The number of pyridine rings is 1. The van der Waals surface area contributed by atoms with Crippen molar-refractivity contribution in [1.29, 1.82) is 0 Å².